The Hall–Kier alpha value is 0.400. The van der Waals surface area contributed by atoms with Crippen LogP contribution in [0.5, 0.6) is 0 Å². The minimum atomic E-state index is 0.00552. The second-order valence-corrected chi connectivity index (χ2v) is 5.55. The van der Waals surface area contributed by atoms with Crippen molar-refractivity contribution in [3.05, 3.63) is 0 Å². The summed E-state index contributed by atoms with van der Waals surface area (Å²) in [6.07, 6.45) is 3.46. The largest absolute Gasteiger partial charge is 0.379 e. The molecule has 86 valence electrons. The molecule has 14 heavy (non-hydrogen) atoms. The highest BCUT2D eigenvalue weighted by molar-refractivity contribution is 9.09. The number of ether oxygens (including phenoxy) is 1. The van der Waals surface area contributed by atoms with Crippen LogP contribution in [0.1, 0.15) is 40.0 Å². The van der Waals surface area contributed by atoms with Gasteiger partial charge in [0.1, 0.15) is 0 Å². The first-order valence-electron chi connectivity index (χ1n) is 5.41. The van der Waals surface area contributed by atoms with E-state index in [0.717, 1.165) is 19.5 Å². The summed E-state index contributed by atoms with van der Waals surface area (Å²) in [6, 6.07) is 0. The Bertz CT molecular complexity index is 139. The highest BCUT2D eigenvalue weighted by atomic mass is 79.9. The van der Waals surface area contributed by atoms with Crippen LogP contribution in [0.4, 0.5) is 0 Å². The fraction of sp³-hybridized carbons (Fsp3) is 1.00. The number of rotatable bonds is 8. The van der Waals surface area contributed by atoms with Gasteiger partial charge < -0.3 is 10.1 Å². The molecule has 0 aromatic heterocycles. The van der Waals surface area contributed by atoms with E-state index in [1.165, 1.54) is 12.8 Å². The van der Waals surface area contributed by atoms with E-state index < -0.39 is 0 Å². The summed E-state index contributed by atoms with van der Waals surface area (Å²) in [5.74, 6) is 0. The molecule has 1 unspecified atom stereocenters. The molecule has 0 aliphatic carbocycles. The first-order valence-corrected chi connectivity index (χ1v) is 6.33. The van der Waals surface area contributed by atoms with Gasteiger partial charge in [-0.15, -0.1) is 0 Å². The molecule has 0 fully saturated rings. The maximum atomic E-state index is 5.34. The minimum Gasteiger partial charge on any atom is -0.379 e. The highest BCUT2D eigenvalue weighted by Gasteiger charge is 2.14. The number of hydrogen-bond acceptors (Lipinski definition) is 2. The quantitative estimate of drug-likeness (QED) is 0.538. The molecule has 0 aromatic rings. The van der Waals surface area contributed by atoms with Crippen molar-refractivity contribution < 1.29 is 4.74 Å². The lowest BCUT2D eigenvalue weighted by Gasteiger charge is -2.22. The summed E-state index contributed by atoms with van der Waals surface area (Å²) in [5, 5.41) is 3.43. The molecule has 0 aromatic carbocycles. The van der Waals surface area contributed by atoms with Gasteiger partial charge in [-0.3, -0.25) is 0 Å². The summed E-state index contributed by atoms with van der Waals surface area (Å²) in [5.41, 5.74) is 0.00552. The smallest absolute Gasteiger partial charge is 0.0634 e. The van der Waals surface area contributed by atoms with Crippen molar-refractivity contribution in [1.29, 1.82) is 0 Å². The Morgan fingerprint density at radius 1 is 1.36 bits per heavy atom. The molecule has 0 bridgehead atoms. The molecule has 0 rings (SSSR count). The van der Waals surface area contributed by atoms with Gasteiger partial charge >= 0.3 is 0 Å². The molecule has 0 amide bonds. The third-order valence-electron chi connectivity index (χ3n) is 2.53. The van der Waals surface area contributed by atoms with Gasteiger partial charge in [-0.25, -0.2) is 0 Å². The van der Waals surface area contributed by atoms with Gasteiger partial charge in [0.05, 0.1) is 5.60 Å². The topological polar surface area (TPSA) is 21.3 Å². The molecule has 0 spiro atoms. The van der Waals surface area contributed by atoms with E-state index in [2.05, 4.69) is 42.0 Å². The van der Waals surface area contributed by atoms with Crippen molar-refractivity contribution in [2.45, 2.75) is 50.5 Å². The molecule has 0 heterocycles. The minimum absolute atomic E-state index is 0.00552. The van der Waals surface area contributed by atoms with E-state index >= 15 is 0 Å². The number of hydrogen-bond donors (Lipinski definition) is 1. The van der Waals surface area contributed by atoms with Crippen molar-refractivity contribution in [2.24, 2.45) is 0 Å². The molecular formula is C11H24BrNO. The molecule has 0 radical (unpaired) electrons. The lowest BCUT2D eigenvalue weighted by Crippen LogP contribution is -2.29. The molecule has 2 nitrogen and oxygen atoms in total. The summed E-state index contributed by atoms with van der Waals surface area (Å²) < 4.78 is 5.34. The zero-order chi connectivity index (χ0) is 11.0. The Balaban J connectivity index is 3.30. The predicted molar refractivity (Wildman–Crippen MR) is 66.2 cm³/mol. The molecule has 0 saturated carbocycles. The van der Waals surface area contributed by atoms with E-state index in [0.29, 0.717) is 4.83 Å². The van der Waals surface area contributed by atoms with E-state index in [-0.39, 0.29) is 5.60 Å². The number of methoxy groups -OCH3 is 1. The SMILES string of the molecule is CCC(Br)CCNCCC(C)(C)OC. The van der Waals surface area contributed by atoms with E-state index in [1.54, 1.807) is 7.11 Å². The van der Waals surface area contributed by atoms with E-state index in [4.69, 9.17) is 4.74 Å². The normalized spacial score (nSPS) is 14.4. The van der Waals surface area contributed by atoms with E-state index in [9.17, 15) is 0 Å². The standard InChI is InChI=1S/C11H24BrNO/c1-5-10(12)6-8-13-9-7-11(2,3)14-4/h10,13H,5-9H2,1-4H3. The van der Waals surface area contributed by atoms with E-state index in [1.807, 2.05) is 0 Å². The van der Waals surface area contributed by atoms with Crippen molar-refractivity contribution in [3.8, 4) is 0 Å². The van der Waals surface area contributed by atoms with Gasteiger partial charge in [-0.1, -0.05) is 22.9 Å². The average molecular weight is 266 g/mol. The number of nitrogens with one attached hydrogen (secondary N) is 1. The zero-order valence-corrected chi connectivity index (χ0v) is 11.5. The van der Waals surface area contributed by atoms with Crippen LogP contribution < -0.4 is 5.32 Å². The molecule has 0 aliphatic rings. The maximum absolute atomic E-state index is 5.34. The van der Waals surface area contributed by atoms with Crippen molar-refractivity contribution in [3.63, 3.8) is 0 Å². The van der Waals surface area contributed by atoms with Crippen LogP contribution in [0.2, 0.25) is 0 Å². The number of halogens is 1. The second kappa shape index (κ2) is 7.66. The molecule has 0 aliphatic heterocycles. The third kappa shape index (κ3) is 7.77. The van der Waals surface area contributed by atoms with Gasteiger partial charge in [0, 0.05) is 11.9 Å². The maximum Gasteiger partial charge on any atom is 0.0634 e. The van der Waals surface area contributed by atoms with Crippen LogP contribution in [-0.4, -0.2) is 30.6 Å². The van der Waals surface area contributed by atoms with Crippen molar-refractivity contribution in [1.82, 2.24) is 5.32 Å². The van der Waals surface area contributed by atoms with Crippen LogP contribution in [-0.2, 0) is 4.74 Å². The van der Waals surface area contributed by atoms with Crippen LogP contribution in [0, 0.1) is 0 Å². The predicted octanol–water partition coefficient (Wildman–Crippen LogP) is 2.95. The summed E-state index contributed by atoms with van der Waals surface area (Å²) in [7, 11) is 1.77. The Morgan fingerprint density at radius 2 is 2.00 bits per heavy atom. The van der Waals surface area contributed by atoms with Gasteiger partial charge in [0.15, 0.2) is 0 Å². The Labute approximate surface area is 96.9 Å². The fourth-order valence-corrected chi connectivity index (χ4v) is 1.31. The number of alkyl halides is 1. The van der Waals surface area contributed by atoms with Crippen molar-refractivity contribution in [2.75, 3.05) is 20.2 Å². The lowest BCUT2D eigenvalue weighted by atomic mass is 10.1. The first kappa shape index (κ1) is 14.4. The molecule has 1 N–H and O–H groups in total. The summed E-state index contributed by atoms with van der Waals surface area (Å²) in [4.78, 5) is 0.658. The Kier molecular flexibility index (Phi) is 7.88. The second-order valence-electron chi connectivity index (χ2n) is 4.26. The van der Waals surface area contributed by atoms with Crippen LogP contribution >= 0.6 is 15.9 Å². The molecule has 3 heteroatoms. The van der Waals surface area contributed by atoms with Crippen LogP contribution in [0.25, 0.3) is 0 Å². The summed E-state index contributed by atoms with van der Waals surface area (Å²) in [6.45, 7) is 8.56. The van der Waals surface area contributed by atoms with Crippen LogP contribution in [0.3, 0.4) is 0 Å². The Morgan fingerprint density at radius 3 is 2.50 bits per heavy atom. The first-order chi connectivity index (χ1) is 6.52. The van der Waals surface area contributed by atoms with Crippen molar-refractivity contribution >= 4 is 15.9 Å². The van der Waals surface area contributed by atoms with Gasteiger partial charge in [-0.05, 0) is 46.2 Å². The molecule has 0 saturated heterocycles. The van der Waals surface area contributed by atoms with Gasteiger partial charge in [0.2, 0.25) is 0 Å². The van der Waals surface area contributed by atoms with Gasteiger partial charge in [-0.2, -0.15) is 0 Å². The third-order valence-corrected chi connectivity index (χ3v) is 3.64. The monoisotopic (exact) mass is 265 g/mol. The highest BCUT2D eigenvalue weighted by Crippen LogP contribution is 2.11. The molecular weight excluding hydrogens is 242 g/mol. The van der Waals surface area contributed by atoms with Crippen LogP contribution in [0.15, 0.2) is 0 Å². The zero-order valence-electron chi connectivity index (χ0n) is 9.90. The molecule has 1 atom stereocenters. The fourth-order valence-electron chi connectivity index (χ4n) is 1.08. The van der Waals surface area contributed by atoms with Gasteiger partial charge in [0.25, 0.3) is 0 Å². The average Bonchev–Trinajstić information content (AvgIpc) is 2.17. The lowest BCUT2D eigenvalue weighted by molar-refractivity contribution is 0.0159. The summed E-state index contributed by atoms with van der Waals surface area (Å²) >= 11 is 3.62.